The molecule has 5 aromatic rings. The van der Waals surface area contributed by atoms with Gasteiger partial charge in [-0.1, -0.05) is 54.1 Å². The molecule has 0 radical (unpaired) electrons. The lowest BCUT2D eigenvalue weighted by atomic mass is 9.89. The van der Waals surface area contributed by atoms with Gasteiger partial charge in [-0.2, -0.15) is 5.26 Å². The van der Waals surface area contributed by atoms with E-state index in [1.54, 1.807) is 43.5 Å². The topological polar surface area (TPSA) is 180 Å². The van der Waals surface area contributed by atoms with E-state index in [1.165, 1.54) is 6.20 Å². The highest BCUT2D eigenvalue weighted by atomic mass is 35.5. The van der Waals surface area contributed by atoms with Crippen LogP contribution in [0, 0.1) is 25.2 Å². The van der Waals surface area contributed by atoms with Gasteiger partial charge in [-0.15, -0.1) is 0 Å². The summed E-state index contributed by atoms with van der Waals surface area (Å²) in [7, 11) is -3.62. The number of ether oxygens (including phenoxy) is 3. The Morgan fingerprint density at radius 2 is 1.60 bits per heavy atom. The van der Waals surface area contributed by atoms with E-state index >= 15 is 0 Å². The van der Waals surface area contributed by atoms with Crippen molar-refractivity contribution in [3.8, 4) is 45.6 Å². The Bertz CT molecular complexity index is 2380. The van der Waals surface area contributed by atoms with Crippen molar-refractivity contribution >= 4 is 27.4 Å². The Hall–Kier alpha value is -5.49. The Labute approximate surface area is 338 Å². The summed E-state index contributed by atoms with van der Waals surface area (Å²) in [5, 5.41) is 33.9. The summed E-state index contributed by atoms with van der Waals surface area (Å²) in [6, 6.07) is 23.4. The lowest BCUT2D eigenvalue weighted by Crippen LogP contribution is -2.33. The van der Waals surface area contributed by atoms with Gasteiger partial charge in [0.1, 0.15) is 54.1 Å². The van der Waals surface area contributed by atoms with Crippen LogP contribution in [0.1, 0.15) is 40.3 Å². The first kappa shape index (κ1) is 42.6. The van der Waals surface area contributed by atoms with Crippen LogP contribution >= 0.6 is 11.6 Å². The molecule has 5 rings (SSSR count). The van der Waals surface area contributed by atoms with E-state index in [2.05, 4.69) is 21.7 Å². The molecular weight excluding hydrogens is 768 g/mol. The molecule has 57 heavy (non-hydrogen) atoms. The predicted octanol–water partition coefficient (Wildman–Crippen LogP) is 6.64. The maximum absolute atomic E-state index is 12.8. The fourth-order valence-corrected chi connectivity index (χ4v) is 7.22. The number of nitrogens with zero attached hydrogens (tertiary/aromatic N) is 2. The molecule has 1 heterocycles. The van der Waals surface area contributed by atoms with E-state index < -0.39 is 21.8 Å². The van der Waals surface area contributed by atoms with E-state index in [9.17, 15) is 23.6 Å². The first-order valence-electron chi connectivity index (χ1n) is 18.2. The molecule has 0 amide bonds. The zero-order valence-corrected chi connectivity index (χ0v) is 33.7. The van der Waals surface area contributed by atoms with Gasteiger partial charge in [0.2, 0.25) is 0 Å². The van der Waals surface area contributed by atoms with Gasteiger partial charge in [-0.3, -0.25) is 9.78 Å². The van der Waals surface area contributed by atoms with Crippen LogP contribution in [0.5, 0.6) is 17.2 Å². The third kappa shape index (κ3) is 11.1. The number of halogens is 1. The molecule has 4 N–H and O–H groups in total. The molecule has 4 aromatic carbocycles. The third-order valence-electron chi connectivity index (χ3n) is 9.33. The fraction of sp³-hybridized carbons (Fsp3) is 0.279. The highest BCUT2D eigenvalue weighted by Gasteiger charge is 2.20. The average Bonchev–Trinajstić information content (AvgIpc) is 3.19. The van der Waals surface area contributed by atoms with Crippen molar-refractivity contribution in [1.29, 1.82) is 5.26 Å². The van der Waals surface area contributed by atoms with Crippen molar-refractivity contribution in [3.63, 3.8) is 0 Å². The Kier molecular flexibility index (Phi) is 14.7. The quantitative estimate of drug-likeness (QED) is 0.0654. The molecule has 0 saturated carbocycles. The monoisotopic (exact) mass is 812 g/mol. The van der Waals surface area contributed by atoms with E-state index in [1.807, 2.05) is 56.3 Å². The second-order valence-electron chi connectivity index (χ2n) is 13.4. The molecule has 1 aromatic heterocycles. The lowest BCUT2D eigenvalue weighted by molar-refractivity contribution is -0.139. The number of nitriles is 1. The minimum atomic E-state index is -3.62. The molecule has 1 unspecified atom stereocenters. The van der Waals surface area contributed by atoms with Gasteiger partial charge >= 0.3 is 5.97 Å². The normalized spacial score (nSPS) is 11.8. The Morgan fingerprint density at radius 3 is 2.32 bits per heavy atom. The summed E-state index contributed by atoms with van der Waals surface area (Å²) < 4.78 is 44.0. The number of aliphatic hydroxyl groups excluding tert-OH is 1. The summed E-state index contributed by atoms with van der Waals surface area (Å²) in [4.78, 5) is 15.7. The summed E-state index contributed by atoms with van der Waals surface area (Å²) in [5.41, 5.74) is 8.10. The van der Waals surface area contributed by atoms with Crippen LogP contribution < -0.4 is 24.8 Å². The molecule has 0 aliphatic rings. The fourth-order valence-electron chi connectivity index (χ4n) is 6.15. The van der Waals surface area contributed by atoms with Gasteiger partial charge in [-0.25, -0.2) is 8.42 Å². The number of hydrogen-bond donors (Lipinski definition) is 4. The number of aliphatic carboxylic acids is 1. The second-order valence-corrected chi connectivity index (χ2v) is 15.8. The van der Waals surface area contributed by atoms with E-state index in [-0.39, 0.29) is 43.6 Å². The number of sulfone groups is 1. The SMILES string of the molecule is Cc1c(COc2cc(OCc3cncc(C#N)c3)c(CNC(C)C(=O)O)cc2Cl)cccc1-c1cccc(-c2ccc(OCCNCCO)c(S(C)(=O)=O)c2)c1C. The van der Waals surface area contributed by atoms with Crippen LogP contribution in [0.2, 0.25) is 5.02 Å². The summed E-state index contributed by atoms with van der Waals surface area (Å²) in [6.07, 6.45) is 4.23. The van der Waals surface area contributed by atoms with Crippen LogP contribution in [0.4, 0.5) is 0 Å². The molecule has 0 aliphatic heterocycles. The van der Waals surface area contributed by atoms with E-state index in [0.717, 1.165) is 45.2 Å². The van der Waals surface area contributed by atoms with Crippen molar-refractivity contribution < 1.29 is 37.6 Å². The molecule has 0 spiro atoms. The Morgan fingerprint density at radius 1 is 0.877 bits per heavy atom. The highest BCUT2D eigenvalue weighted by molar-refractivity contribution is 7.90. The van der Waals surface area contributed by atoms with Crippen LogP contribution in [-0.2, 0) is 34.4 Å². The van der Waals surface area contributed by atoms with E-state index in [4.69, 9.17) is 30.9 Å². The van der Waals surface area contributed by atoms with Gasteiger partial charge in [-0.05, 0) is 84.0 Å². The molecule has 298 valence electrons. The first-order chi connectivity index (χ1) is 27.3. The van der Waals surface area contributed by atoms with Crippen molar-refractivity contribution in [2.75, 3.05) is 32.6 Å². The second kappa shape index (κ2) is 19.6. The molecule has 12 nitrogen and oxygen atoms in total. The molecule has 1 atom stereocenters. The molecule has 0 aliphatic carbocycles. The van der Waals surface area contributed by atoms with Gasteiger partial charge < -0.3 is 35.1 Å². The minimum Gasteiger partial charge on any atom is -0.491 e. The number of carbonyl (C=O) groups is 1. The number of hydrogen-bond acceptors (Lipinski definition) is 11. The van der Waals surface area contributed by atoms with E-state index in [0.29, 0.717) is 46.3 Å². The molecule has 14 heteroatoms. The van der Waals surface area contributed by atoms with Gasteiger partial charge in [0.25, 0.3) is 0 Å². The van der Waals surface area contributed by atoms with Crippen LogP contribution in [0.3, 0.4) is 0 Å². The maximum Gasteiger partial charge on any atom is 0.320 e. The number of carboxylic acid groups (broad SMARTS) is 1. The summed E-state index contributed by atoms with van der Waals surface area (Å²) in [6.45, 7) is 7.11. The summed E-state index contributed by atoms with van der Waals surface area (Å²) in [5.74, 6) is 0.0609. The first-order valence-corrected chi connectivity index (χ1v) is 20.4. The molecule has 0 bridgehead atoms. The van der Waals surface area contributed by atoms with Crippen molar-refractivity contribution in [1.82, 2.24) is 15.6 Å². The Balaban J connectivity index is 1.40. The molecule has 0 fully saturated rings. The van der Waals surface area contributed by atoms with Crippen LogP contribution in [-0.4, -0.2) is 68.2 Å². The number of aliphatic hydroxyl groups is 1. The zero-order valence-electron chi connectivity index (χ0n) is 32.1. The number of carboxylic acids is 1. The number of rotatable bonds is 19. The highest BCUT2D eigenvalue weighted by Crippen LogP contribution is 2.38. The zero-order chi connectivity index (χ0) is 41.1. The average molecular weight is 813 g/mol. The maximum atomic E-state index is 12.8. The lowest BCUT2D eigenvalue weighted by Gasteiger charge is -2.19. The van der Waals surface area contributed by atoms with Gasteiger partial charge in [0.15, 0.2) is 9.84 Å². The van der Waals surface area contributed by atoms with Crippen molar-refractivity contribution in [2.24, 2.45) is 0 Å². The molecular formula is C43H45ClN4O8S. The standard InChI is InChI=1S/C43H45ClN4O8S/c1-27-33(26-56-41-20-40(55-25-31-17-30(21-45)22-47-23-31)34(18-38(41)44)24-48-29(3)43(50)51)7-5-9-36(27)37-10-6-8-35(28(37)2)32-11-12-39(42(19-32)57(4,52)53)54-16-14-46-13-15-49/h5-12,17-20,22-23,29,46,48-49H,13-16,24-26H2,1-4H3,(H,50,51). The number of benzene rings is 4. The van der Waals surface area contributed by atoms with Gasteiger partial charge in [0, 0.05) is 55.5 Å². The number of aromatic nitrogens is 1. The predicted molar refractivity (Wildman–Crippen MR) is 218 cm³/mol. The number of pyridine rings is 1. The van der Waals surface area contributed by atoms with Crippen LogP contribution in [0.15, 0.2) is 90.1 Å². The third-order valence-corrected chi connectivity index (χ3v) is 10.7. The largest absolute Gasteiger partial charge is 0.491 e. The number of nitrogens with one attached hydrogen (secondary N) is 2. The van der Waals surface area contributed by atoms with Crippen molar-refractivity contribution in [3.05, 3.63) is 124 Å². The molecule has 0 saturated heterocycles. The summed E-state index contributed by atoms with van der Waals surface area (Å²) >= 11 is 6.73. The smallest absolute Gasteiger partial charge is 0.320 e. The van der Waals surface area contributed by atoms with Crippen molar-refractivity contribution in [2.45, 2.75) is 51.5 Å². The van der Waals surface area contributed by atoms with Crippen LogP contribution in [0.25, 0.3) is 22.3 Å². The van der Waals surface area contributed by atoms with Gasteiger partial charge in [0.05, 0.1) is 17.2 Å². The minimum absolute atomic E-state index is 0.00139.